The summed E-state index contributed by atoms with van der Waals surface area (Å²) in [6.45, 7) is 3.92. The highest BCUT2D eigenvalue weighted by atomic mass is 19.4. The van der Waals surface area contributed by atoms with E-state index in [1.165, 1.54) is 13.0 Å². The highest BCUT2D eigenvalue weighted by Gasteiger charge is 2.36. The van der Waals surface area contributed by atoms with Gasteiger partial charge in [0, 0.05) is 44.7 Å². The van der Waals surface area contributed by atoms with Gasteiger partial charge in [0.1, 0.15) is 18.0 Å². The molecule has 3 aromatic rings. The summed E-state index contributed by atoms with van der Waals surface area (Å²) in [5.74, 6) is -3.14. The van der Waals surface area contributed by atoms with Crippen LogP contribution >= 0.6 is 0 Å². The SMILES string of the molecule is COc1c(N2CC(C)N(CCC(N)=O)C(C)C2)c(F)cc2c(=O)c(OC(=O)NCc3ccc(OC(F)(F)F)cc3C)cn(CC(F)(F)F)c12. The molecule has 4 rings (SSSR count). The minimum absolute atomic E-state index is 0.0992. The lowest BCUT2D eigenvalue weighted by molar-refractivity contribution is -0.274. The van der Waals surface area contributed by atoms with Gasteiger partial charge in [-0.1, -0.05) is 6.07 Å². The molecule has 1 aliphatic heterocycles. The molecular weight excluding hydrogens is 671 g/mol. The molecule has 1 aromatic heterocycles. The molecule has 2 atom stereocenters. The van der Waals surface area contributed by atoms with Crippen molar-refractivity contribution in [3.8, 4) is 17.2 Å². The first-order chi connectivity index (χ1) is 22.8. The summed E-state index contributed by atoms with van der Waals surface area (Å²) in [6, 6.07) is 3.64. The van der Waals surface area contributed by atoms with E-state index in [4.69, 9.17) is 15.2 Å². The Hall–Kier alpha value is -4.74. The number of hydrogen-bond donors (Lipinski definition) is 2. The molecule has 0 saturated carbocycles. The van der Waals surface area contributed by atoms with Crippen LogP contribution in [0, 0.1) is 12.7 Å². The normalized spacial score (nSPS) is 17.2. The zero-order valence-electron chi connectivity index (χ0n) is 26.8. The van der Waals surface area contributed by atoms with Gasteiger partial charge in [0.15, 0.2) is 17.3 Å². The molecular formula is C31H34F7N5O6. The average molecular weight is 706 g/mol. The van der Waals surface area contributed by atoms with Gasteiger partial charge >= 0.3 is 18.6 Å². The molecule has 1 fully saturated rings. The molecule has 18 heteroatoms. The van der Waals surface area contributed by atoms with Gasteiger partial charge in [0.05, 0.1) is 24.2 Å². The summed E-state index contributed by atoms with van der Waals surface area (Å²) in [7, 11) is 1.12. The zero-order valence-corrected chi connectivity index (χ0v) is 26.8. The Morgan fingerprint density at radius 2 is 1.71 bits per heavy atom. The molecule has 2 amide bonds. The van der Waals surface area contributed by atoms with E-state index in [9.17, 15) is 40.7 Å². The van der Waals surface area contributed by atoms with Crippen LogP contribution in [0.15, 0.2) is 35.3 Å². The van der Waals surface area contributed by atoms with E-state index < -0.39 is 59.2 Å². The second-order valence-electron chi connectivity index (χ2n) is 11.6. The predicted octanol–water partition coefficient (Wildman–Crippen LogP) is 4.98. The van der Waals surface area contributed by atoms with Crippen molar-refractivity contribution in [2.45, 2.75) is 64.9 Å². The van der Waals surface area contributed by atoms with Crippen LogP contribution in [0.4, 0.5) is 41.2 Å². The Kier molecular flexibility index (Phi) is 10.9. The van der Waals surface area contributed by atoms with Crippen LogP contribution in [0.25, 0.3) is 10.9 Å². The number of nitrogens with one attached hydrogen (secondary N) is 1. The molecule has 0 aliphatic carbocycles. The third kappa shape index (κ3) is 9.04. The number of hydrogen-bond acceptors (Lipinski definition) is 8. The van der Waals surface area contributed by atoms with Gasteiger partial charge in [-0.3, -0.25) is 14.5 Å². The summed E-state index contributed by atoms with van der Waals surface area (Å²) >= 11 is 0. The number of nitrogens with zero attached hydrogens (tertiary/aromatic N) is 3. The van der Waals surface area contributed by atoms with E-state index in [1.54, 1.807) is 4.90 Å². The number of aromatic nitrogens is 1. The number of alkyl halides is 6. The van der Waals surface area contributed by atoms with Crippen LogP contribution in [-0.2, 0) is 17.9 Å². The third-order valence-corrected chi connectivity index (χ3v) is 7.97. The fourth-order valence-electron chi connectivity index (χ4n) is 5.93. The number of amides is 2. The number of piperazine rings is 1. The molecule has 3 N–H and O–H groups in total. The lowest BCUT2D eigenvalue weighted by Gasteiger charge is -2.45. The number of benzene rings is 2. The van der Waals surface area contributed by atoms with Crippen molar-refractivity contribution in [1.82, 2.24) is 14.8 Å². The first kappa shape index (κ1) is 37.1. The predicted molar refractivity (Wildman–Crippen MR) is 163 cm³/mol. The van der Waals surface area contributed by atoms with Gasteiger partial charge in [-0.2, -0.15) is 13.2 Å². The molecule has 2 unspecified atom stereocenters. The summed E-state index contributed by atoms with van der Waals surface area (Å²) in [5, 5.41) is 1.73. The number of fused-ring (bicyclic) bond motifs is 1. The largest absolute Gasteiger partial charge is 0.573 e. The average Bonchev–Trinajstić information content (AvgIpc) is 2.96. The van der Waals surface area contributed by atoms with Crippen molar-refractivity contribution in [1.29, 1.82) is 0 Å². The standard InChI is InChI=1S/C31H34F7N5O6/c1-16-9-20(49-31(36,37)38)6-5-19(16)11-40-29(46)48-23-14-42(15-30(33,34)35)25-21(27(23)45)10-22(32)26(28(25)47-4)41-12-17(2)43(18(3)13-41)8-7-24(39)44/h5-6,9-10,14,17-18H,7-8,11-13,15H2,1-4H3,(H2,39,44)(H,40,46). The van der Waals surface area contributed by atoms with Crippen LogP contribution in [0.2, 0.25) is 0 Å². The summed E-state index contributed by atoms with van der Waals surface area (Å²) < 4.78 is 110. The highest BCUT2D eigenvalue weighted by Crippen LogP contribution is 2.41. The smallest absolute Gasteiger partial charge is 0.492 e. The molecule has 0 bridgehead atoms. The maximum Gasteiger partial charge on any atom is 0.573 e. The number of carbonyl (C=O) groups excluding carboxylic acids is 2. The van der Waals surface area contributed by atoms with Crippen molar-refractivity contribution in [3.63, 3.8) is 0 Å². The second-order valence-corrected chi connectivity index (χ2v) is 11.6. The first-order valence-electron chi connectivity index (χ1n) is 14.9. The van der Waals surface area contributed by atoms with Crippen LogP contribution < -0.4 is 35.6 Å². The second kappa shape index (κ2) is 14.4. The topological polar surface area (TPSA) is 128 Å². The third-order valence-electron chi connectivity index (χ3n) is 7.97. The number of aryl methyl sites for hydroxylation is 1. The van der Waals surface area contributed by atoms with Crippen LogP contribution in [0.3, 0.4) is 0 Å². The Labute approximate surface area is 275 Å². The molecule has 2 heterocycles. The number of rotatable bonds is 10. The van der Waals surface area contributed by atoms with Crippen LogP contribution in [-0.4, -0.2) is 72.8 Å². The molecule has 49 heavy (non-hydrogen) atoms. The number of methoxy groups -OCH3 is 1. The quantitative estimate of drug-likeness (QED) is 0.283. The van der Waals surface area contributed by atoms with Gasteiger partial charge in [0.2, 0.25) is 11.3 Å². The van der Waals surface area contributed by atoms with E-state index in [-0.39, 0.29) is 55.1 Å². The molecule has 268 valence electrons. The van der Waals surface area contributed by atoms with E-state index in [0.717, 1.165) is 25.3 Å². The van der Waals surface area contributed by atoms with Crippen LogP contribution in [0.1, 0.15) is 31.4 Å². The molecule has 1 saturated heterocycles. The number of anilines is 1. The maximum absolute atomic E-state index is 15.9. The molecule has 11 nitrogen and oxygen atoms in total. The molecule has 2 aromatic carbocycles. The highest BCUT2D eigenvalue weighted by molar-refractivity contribution is 5.92. The van der Waals surface area contributed by atoms with Crippen molar-refractivity contribution < 1.29 is 54.5 Å². The minimum Gasteiger partial charge on any atom is -0.492 e. The fourth-order valence-corrected chi connectivity index (χ4v) is 5.93. The van der Waals surface area contributed by atoms with Gasteiger partial charge in [-0.15, -0.1) is 13.2 Å². The van der Waals surface area contributed by atoms with E-state index in [0.29, 0.717) is 28.4 Å². The van der Waals surface area contributed by atoms with Gasteiger partial charge < -0.3 is 34.7 Å². The maximum atomic E-state index is 15.9. The zero-order chi connectivity index (χ0) is 36.4. The fraction of sp³-hybridized carbons (Fsp3) is 0.452. The van der Waals surface area contributed by atoms with Gasteiger partial charge in [0.25, 0.3) is 0 Å². The summed E-state index contributed by atoms with van der Waals surface area (Å²) in [6.07, 6.45) is -10.3. The number of ether oxygens (including phenoxy) is 3. The van der Waals surface area contributed by atoms with Crippen molar-refractivity contribution in [2.75, 3.05) is 31.6 Å². The number of pyridine rings is 1. The van der Waals surface area contributed by atoms with Crippen LogP contribution in [0.5, 0.6) is 17.2 Å². The van der Waals surface area contributed by atoms with E-state index in [2.05, 4.69) is 10.1 Å². The minimum atomic E-state index is -4.91. The number of halogens is 7. The van der Waals surface area contributed by atoms with E-state index in [1.807, 2.05) is 18.7 Å². The molecule has 1 aliphatic rings. The number of carbonyl (C=O) groups is 2. The summed E-state index contributed by atoms with van der Waals surface area (Å²) in [5.41, 5.74) is 4.27. The van der Waals surface area contributed by atoms with Gasteiger partial charge in [-0.25, -0.2) is 9.18 Å². The molecule has 0 radical (unpaired) electrons. The van der Waals surface area contributed by atoms with Crippen molar-refractivity contribution >= 4 is 28.6 Å². The van der Waals surface area contributed by atoms with Gasteiger partial charge in [-0.05, 0) is 50.1 Å². The molecule has 0 spiro atoms. The number of primary amides is 1. The monoisotopic (exact) mass is 705 g/mol. The Balaban J connectivity index is 1.67. The Morgan fingerprint density at radius 1 is 1.06 bits per heavy atom. The Morgan fingerprint density at radius 3 is 2.27 bits per heavy atom. The lowest BCUT2D eigenvalue weighted by atomic mass is 10.0. The summed E-state index contributed by atoms with van der Waals surface area (Å²) in [4.78, 5) is 41.0. The number of nitrogens with two attached hydrogens (primary N) is 1. The Bertz CT molecular complexity index is 1770. The van der Waals surface area contributed by atoms with Crippen molar-refractivity contribution in [3.05, 3.63) is 57.6 Å². The van der Waals surface area contributed by atoms with E-state index >= 15 is 4.39 Å². The van der Waals surface area contributed by atoms with Crippen molar-refractivity contribution in [2.24, 2.45) is 5.73 Å². The first-order valence-corrected chi connectivity index (χ1v) is 14.9. The lowest BCUT2D eigenvalue weighted by Crippen LogP contribution is -2.57.